The number of aromatic amines is 2. The number of imidazole rings is 4. The number of amides is 4. The predicted octanol–water partition coefficient (Wildman–Crippen LogP) is 15.5. The molecule has 11 aromatic rings. The summed E-state index contributed by atoms with van der Waals surface area (Å²) < 4.78 is 150. The normalized spacial score (nSPS) is 28.4. The van der Waals surface area contributed by atoms with Gasteiger partial charge in [-0.1, -0.05) is 166 Å². The number of thioether (sulfide) groups is 2. The second kappa shape index (κ2) is 45.0. The second-order valence-corrected chi connectivity index (χ2v) is 64.1. The number of alkyl halides is 2. The molecule has 0 aliphatic carbocycles. The van der Waals surface area contributed by atoms with E-state index in [1.54, 1.807) is 107 Å². The monoisotopic (exact) mass is 2450 g/mol. The van der Waals surface area contributed by atoms with Crippen molar-refractivity contribution in [3.63, 3.8) is 0 Å². The average Bonchev–Trinajstić information content (AvgIpc) is 1.60. The molecule has 0 spiro atoms. The molecular formula is C82H103BCl2F2N20O22P4S6Si2U. The molecule has 60 heteroatoms. The summed E-state index contributed by atoms with van der Waals surface area (Å²) in [4.78, 5) is 150. The van der Waals surface area contributed by atoms with E-state index in [4.69, 9.17) is 103 Å². The van der Waals surface area contributed by atoms with Crippen molar-refractivity contribution in [3.8, 4) is 0 Å². The first kappa shape index (κ1) is 112. The van der Waals surface area contributed by atoms with Gasteiger partial charge in [0.1, 0.15) is 60.0 Å². The van der Waals surface area contributed by atoms with Crippen LogP contribution in [0.15, 0.2) is 126 Å². The number of phosphoric ester groups is 2. The average molecular weight is 2450 g/mol. The van der Waals surface area contributed by atoms with Gasteiger partial charge in [0.05, 0.1) is 74.4 Å². The van der Waals surface area contributed by atoms with Crippen LogP contribution in [0.25, 0.3) is 44.7 Å². The molecule has 762 valence electrons. The van der Waals surface area contributed by atoms with Gasteiger partial charge in [-0.25, -0.2) is 57.8 Å². The van der Waals surface area contributed by atoms with Gasteiger partial charge in [-0.2, -0.15) is 9.97 Å². The van der Waals surface area contributed by atoms with E-state index >= 15 is 8.78 Å². The van der Waals surface area contributed by atoms with E-state index in [9.17, 15) is 47.7 Å². The molecule has 0 saturated carbocycles. The fourth-order valence-electron chi connectivity index (χ4n) is 14.9. The van der Waals surface area contributed by atoms with Crippen molar-refractivity contribution in [3.05, 3.63) is 164 Å². The zero-order valence-corrected chi connectivity index (χ0v) is 93.8. The first-order chi connectivity index (χ1) is 66.4. The number of anilines is 4. The number of H-pyrrole nitrogens is 2. The van der Waals surface area contributed by atoms with Crippen LogP contribution in [0, 0.1) is 42.9 Å². The van der Waals surface area contributed by atoms with Gasteiger partial charge in [-0.3, -0.25) is 85.7 Å². The molecule has 6 fully saturated rings. The Bertz CT molecular complexity index is 6870. The molecule has 8 N–H and O–H groups in total. The number of benzene rings is 3. The van der Waals surface area contributed by atoms with Gasteiger partial charge in [0.2, 0.25) is 35.1 Å². The summed E-state index contributed by atoms with van der Waals surface area (Å²) >= 11 is 33.1. The van der Waals surface area contributed by atoms with E-state index in [1.807, 2.05) is 67.7 Å². The summed E-state index contributed by atoms with van der Waals surface area (Å²) in [7, 11) is -12.1. The van der Waals surface area contributed by atoms with E-state index in [0.29, 0.717) is 26.7 Å². The minimum absolute atomic E-state index is 0. The van der Waals surface area contributed by atoms with Crippen LogP contribution < -0.4 is 32.4 Å². The number of thiol groups is 1. The van der Waals surface area contributed by atoms with Gasteiger partial charge >= 0.3 is 15.6 Å². The van der Waals surface area contributed by atoms with Crippen LogP contribution in [0.3, 0.4) is 0 Å². The third kappa shape index (κ3) is 24.8. The Hall–Kier alpha value is -6.07. The fourth-order valence-corrected chi connectivity index (χ4v) is 30.0. The molecule has 14 heterocycles. The Labute approximate surface area is 879 Å². The maximum absolute atomic E-state index is 17.5. The van der Waals surface area contributed by atoms with Crippen molar-refractivity contribution >= 4 is 238 Å². The van der Waals surface area contributed by atoms with E-state index in [-0.39, 0.29) is 136 Å². The number of halogens is 4. The summed E-state index contributed by atoms with van der Waals surface area (Å²) in [6, 6.07) is 21.8. The van der Waals surface area contributed by atoms with Crippen LogP contribution in [0.5, 0.6) is 0 Å². The van der Waals surface area contributed by atoms with Crippen molar-refractivity contribution in [1.29, 1.82) is 1.34 Å². The summed E-state index contributed by atoms with van der Waals surface area (Å²) in [6.07, 6.45) is -10.3. The first-order valence-electron chi connectivity index (χ1n) is 43.9. The zero-order chi connectivity index (χ0) is 102. The van der Waals surface area contributed by atoms with Crippen LogP contribution >= 0.6 is 97.4 Å². The summed E-state index contributed by atoms with van der Waals surface area (Å²) in [5.41, 5.74) is -7.10. The third-order valence-electron chi connectivity index (χ3n) is 24.3. The molecule has 4 unspecified atom stereocenters. The number of rotatable bonds is 19. The summed E-state index contributed by atoms with van der Waals surface area (Å²) in [5.74, 6) is -2.67. The Balaban J connectivity index is 0.000000235. The Morgan fingerprint density at radius 2 is 0.986 bits per heavy atom. The molecule has 17 rings (SSSR count). The number of fused-ring (bicyclic) bond motifs is 10. The minimum Gasteiger partial charge on any atom is -0.410 e. The molecule has 4 amide bonds. The second-order valence-electron chi connectivity index (χ2n) is 36.7. The summed E-state index contributed by atoms with van der Waals surface area (Å²) in [5, 5.41) is 7.21. The SMILES string of the molecule is C.CC(C)C(=O)Nc1nc2c(ncn2[C@@H]2S[C@@H]3COP(=S)(S)O[C@H]4[C@H](F)[C@H](n5cnc6c(NC(=O)c7ccccc7)ncnc65)O[C@@H]4COP(=O)(O)O[C@@H]2[C@@H]3O[Si](C)(C)C(C)(C)C)c(=O)[nH]1.CC(C)C(=O)Nc1nc2c(ncn2[C@@H]2S[C@@H]3COP(=S)(SCc4ccc(Cl)cc4Cl)O[C@H]4[C@H](F)[C@H](n5cnc6c(NC(=O)c7ccccc7)ncnc65)O[C@@H]4COP(=O)(O)O[C@@H]2[C@@H]3O[Si](C)(C)C(C)(C)C)c(=O)[nH]1.[2H][B].[U]. The molecule has 142 heavy (non-hydrogen) atoms. The smallest absolute Gasteiger partial charge is 0.410 e. The maximum atomic E-state index is 17.5. The zero-order valence-electron chi connectivity index (χ0n) is 78.6. The van der Waals surface area contributed by atoms with Crippen molar-refractivity contribution < 1.29 is 133 Å². The van der Waals surface area contributed by atoms with E-state index in [1.165, 1.54) is 79.8 Å². The van der Waals surface area contributed by atoms with Crippen LogP contribution in [0.4, 0.5) is 32.3 Å². The minimum atomic E-state index is -5.20. The van der Waals surface area contributed by atoms with Gasteiger partial charge in [0.25, 0.3) is 22.9 Å². The van der Waals surface area contributed by atoms with Crippen LogP contribution in [0.1, 0.15) is 126 Å². The van der Waals surface area contributed by atoms with E-state index in [0.717, 1.165) is 11.4 Å². The molecule has 6 aliphatic heterocycles. The number of aromatic nitrogens is 16. The Morgan fingerprint density at radius 3 is 1.39 bits per heavy atom. The number of carbonyl (C=O) groups excluding carboxylic acids is 4. The van der Waals surface area contributed by atoms with Gasteiger partial charge < -0.3 is 56.8 Å². The molecule has 4 bridgehead atoms. The van der Waals surface area contributed by atoms with Gasteiger partial charge in [0, 0.05) is 78.3 Å². The Kier molecular flexibility index (Phi) is 35.4. The van der Waals surface area contributed by atoms with E-state index in [2.05, 4.69) is 102 Å². The number of nitrogens with zero attached hydrogens (tertiary/aromatic N) is 14. The molecular weight excluding hydrogens is 2350 g/mol. The van der Waals surface area contributed by atoms with Gasteiger partial charge in [0.15, 0.2) is 97.7 Å². The standard InChI is InChI=1S/C44H51Cl2FN10O11P2S3Si.C37H47FN10O11P2S3Si.CH4.BH.U/c1-22(2)38(58)54-43-53-37-31(40(60)55-43)51-21-57(37)42-34-33(68-74(6,7)44(3,4)5)28(73-42)17-64-70(71,72-18-24-13-14-25(45)15-26(24)46)67-32-27(16-63-69(61,62)66-34)65-41(29(32)47)56-20-50-30-35(48-19-49-36(30)56)52-39(59)23-11-9-8-10-12-23;1-18(2)31(49)45-36-44-30-24(33(51)46-36)42-17-48(30)35-27-26(59-65(6,7)37(3,4)5)21(64-35)14-55-61(62,63)58-25-20(13-54-60(52,53)57-27)56-34(22(25)38)47-16-41-23-28(39-15-40-29(23)47)43-32(50)19-11-9-8-10-12-19;;;/h8-15,19-22,27-29,32-34,41-42H,16-18H2,1-7H3,(H,61,62)(H,48,49,52,59)(H2,53,54,55,58,60);8-12,15-18,20-22,25-27,34-35H,13-14H2,1-7H3,(H,52,53)(H,62,63)(H,39,40,43,50)(H2,44,45,46,49,51);1H4;1H;/t27-,28-,29+,32-,33-,34-,41-,42-,70?;20-,21-,22+,25-,26-,27-,34-,35-;;;/m11.../s1/i;;;1D;. The van der Waals surface area contributed by atoms with E-state index < -0.39 is 198 Å². The van der Waals surface area contributed by atoms with Crippen molar-refractivity contribution in [2.24, 2.45) is 11.8 Å². The first-order valence-corrected chi connectivity index (χ1v) is 62.8. The third-order valence-corrected chi connectivity index (χ3v) is 46.2. The number of carbonyl (C=O) groups is 4. The largest absolute Gasteiger partial charge is 0.472 e. The van der Waals surface area contributed by atoms with Gasteiger partial charge in [-0.05, 0) is 103 Å². The molecule has 6 aliphatic rings. The predicted molar refractivity (Wildman–Crippen MR) is 547 cm³/mol. The van der Waals surface area contributed by atoms with Crippen LogP contribution in [-0.2, 0) is 103 Å². The Morgan fingerprint density at radius 1 is 0.585 bits per heavy atom. The number of nitrogens with one attached hydrogen (secondary N) is 6. The van der Waals surface area contributed by atoms with Crippen molar-refractivity contribution in [2.45, 2.75) is 214 Å². The molecule has 2 radical (unpaired) electrons. The molecule has 20 atom stereocenters. The number of phosphoric acid groups is 2. The topological polar surface area (TPSA) is 516 Å². The van der Waals surface area contributed by atoms with Gasteiger partial charge in [-0.15, -0.1) is 23.5 Å². The maximum Gasteiger partial charge on any atom is 0.472 e. The molecule has 8 aromatic heterocycles. The number of hydrogen-bond donors (Lipinski definition) is 9. The molecule has 3 aromatic carbocycles. The summed E-state index contributed by atoms with van der Waals surface area (Å²) in [6.45, 7) is 24.9. The van der Waals surface area contributed by atoms with Crippen molar-refractivity contribution in [2.75, 3.05) is 47.7 Å². The van der Waals surface area contributed by atoms with Crippen molar-refractivity contribution in [1.82, 2.24) is 78.1 Å². The number of ether oxygens (including phenoxy) is 2. The number of hydrogen-bond acceptors (Lipinski definition) is 35. The van der Waals surface area contributed by atoms with Crippen LogP contribution in [-0.4, -0.2) is 236 Å². The fraction of sp³-hybridized carbons (Fsp3) is 0.488. The van der Waals surface area contributed by atoms with Crippen LogP contribution in [0.2, 0.25) is 46.3 Å². The molecule has 42 nitrogen and oxygen atoms in total. The molecule has 6 saturated heterocycles. The quantitative estimate of drug-likeness (QED) is 0.0206.